The van der Waals surface area contributed by atoms with Gasteiger partial charge in [0, 0.05) is 0 Å². The molecule has 1 atom stereocenters. The molecule has 0 radical (unpaired) electrons. The standard InChI is InChI=1S/C5H15PSi/c1-4-7(2,3)5-6/h4-6H2,1-3H3. The molecule has 0 rings (SSSR count). The van der Waals surface area contributed by atoms with Crippen molar-refractivity contribution in [2.75, 3.05) is 5.79 Å². The predicted octanol–water partition coefficient (Wildman–Crippen LogP) is 2.13. The summed E-state index contributed by atoms with van der Waals surface area (Å²) in [5.41, 5.74) is 0. The van der Waals surface area contributed by atoms with E-state index >= 15 is 0 Å². The van der Waals surface area contributed by atoms with Crippen molar-refractivity contribution in [3.63, 3.8) is 0 Å². The van der Waals surface area contributed by atoms with E-state index in [1.165, 1.54) is 11.8 Å². The summed E-state index contributed by atoms with van der Waals surface area (Å²) < 4.78 is 0. The summed E-state index contributed by atoms with van der Waals surface area (Å²) in [5.74, 6) is 1.35. The van der Waals surface area contributed by atoms with Gasteiger partial charge in [-0.15, -0.1) is 9.24 Å². The summed E-state index contributed by atoms with van der Waals surface area (Å²) in [6, 6.07) is 1.41. The summed E-state index contributed by atoms with van der Waals surface area (Å²) in [5, 5.41) is 0. The maximum Gasteiger partial charge on any atom is 0.0508 e. The Kier molecular flexibility index (Phi) is 3.10. The van der Waals surface area contributed by atoms with Gasteiger partial charge in [-0.05, 0) is 5.79 Å². The molecule has 44 valence electrons. The smallest absolute Gasteiger partial charge is 0.0508 e. The summed E-state index contributed by atoms with van der Waals surface area (Å²) in [6.45, 7) is 7.12. The lowest BCUT2D eigenvalue weighted by atomic mass is 11.0. The molecule has 0 aromatic heterocycles. The van der Waals surface area contributed by atoms with E-state index in [2.05, 4.69) is 29.3 Å². The molecule has 0 amide bonds. The molecule has 0 saturated heterocycles. The summed E-state index contributed by atoms with van der Waals surface area (Å²) in [6.07, 6.45) is 0. The highest BCUT2D eigenvalue weighted by molar-refractivity contribution is 7.23. The Hall–Kier alpha value is 0.647. The van der Waals surface area contributed by atoms with Gasteiger partial charge in [0.05, 0.1) is 8.07 Å². The largest absolute Gasteiger partial charge is 0.140 e. The van der Waals surface area contributed by atoms with Crippen LogP contribution in [0.25, 0.3) is 0 Å². The van der Waals surface area contributed by atoms with Gasteiger partial charge in [0.15, 0.2) is 0 Å². The van der Waals surface area contributed by atoms with Gasteiger partial charge in [0.2, 0.25) is 0 Å². The zero-order valence-electron chi connectivity index (χ0n) is 5.49. The predicted molar refractivity (Wildman–Crippen MR) is 42.5 cm³/mol. The van der Waals surface area contributed by atoms with Crippen LogP contribution in [0.15, 0.2) is 0 Å². The second-order valence-electron chi connectivity index (χ2n) is 2.72. The fourth-order valence-electron chi connectivity index (χ4n) is 0.144. The first-order chi connectivity index (χ1) is 3.12. The van der Waals surface area contributed by atoms with Crippen LogP contribution in [0.5, 0.6) is 0 Å². The fourth-order valence-corrected chi connectivity index (χ4v) is 1.30. The number of hydrogen-bond donors (Lipinski definition) is 0. The normalized spacial score (nSPS) is 12.0. The molecule has 0 spiro atoms. The SMILES string of the molecule is CC[Si](C)(C)CP. The van der Waals surface area contributed by atoms with Crippen LogP contribution < -0.4 is 0 Å². The van der Waals surface area contributed by atoms with Crippen LogP contribution in [-0.2, 0) is 0 Å². The fraction of sp³-hybridized carbons (Fsp3) is 1.00. The van der Waals surface area contributed by atoms with Crippen LogP contribution in [0, 0.1) is 0 Å². The molecule has 0 aromatic carbocycles. The van der Waals surface area contributed by atoms with Gasteiger partial charge in [0.1, 0.15) is 0 Å². The van der Waals surface area contributed by atoms with Gasteiger partial charge in [0.25, 0.3) is 0 Å². The minimum atomic E-state index is -0.688. The highest BCUT2D eigenvalue weighted by Gasteiger charge is 2.13. The zero-order chi connectivity index (χ0) is 5.91. The van der Waals surface area contributed by atoms with E-state index in [1.54, 1.807) is 0 Å². The van der Waals surface area contributed by atoms with Crippen LogP contribution in [0.1, 0.15) is 6.92 Å². The molecule has 0 fully saturated rings. The summed E-state index contributed by atoms with van der Waals surface area (Å²) >= 11 is 0. The van der Waals surface area contributed by atoms with Gasteiger partial charge in [-0.1, -0.05) is 26.1 Å². The van der Waals surface area contributed by atoms with E-state index in [1.807, 2.05) is 0 Å². The van der Waals surface area contributed by atoms with Crippen LogP contribution in [0.2, 0.25) is 19.1 Å². The van der Waals surface area contributed by atoms with E-state index in [-0.39, 0.29) is 0 Å². The minimum Gasteiger partial charge on any atom is -0.140 e. The van der Waals surface area contributed by atoms with Crippen molar-refractivity contribution in [2.24, 2.45) is 0 Å². The Labute approximate surface area is 49.9 Å². The minimum absolute atomic E-state index is 0.688. The Morgan fingerprint density at radius 1 is 1.43 bits per heavy atom. The molecule has 0 aliphatic carbocycles. The van der Waals surface area contributed by atoms with Crippen molar-refractivity contribution in [1.82, 2.24) is 0 Å². The summed E-state index contributed by atoms with van der Waals surface area (Å²) in [7, 11) is 2.14. The van der Waals surface area contributed by atoms with Crippen molar-refractivity contribution in [3.8, 4) is 0 Å². The molecular formula is C5H15PSi. The maximum atomic E-state index is 2.83. The molecule has 2 heteroatoms. The number of rotatable bonds is 2. The lowest BCUT2D eigenvalue weighted by Crippen LogP contribution is -2.25. The molecule has 1 unspecified atom stereocenters. The first-order valence-electron chi connectivity index (χ1n) is 2.82. The van der Waals surface area contributed by atoms with Gasteiger partial charge in [-0.25, -0.2) is 0 Å². The average Bonchev–Trinajstić information content (AvgIpc) is 1.68. The molecule has 0 heterocycles. The van der Waals surface area contributed by atoms with E-state index < -0.39 is 8.07 Å². The molecule has 0 aromatic rings. The van der Waals surface area contributed by atoms with Gasteiger partial charge < -0.3 is 0 Å². The summed E-state index contributed by atoms with van der Waals surface area (Å²) in [4.78, 5) is 0. The van der Waals surface area contributed by atoms with Gasteiger partial charge in [-0.2, -0.15) is 0 Å². The van der Waals surface area contributed by atoms with Gasteiger partial charge >= 0.3 is 0 Å². The van der Waals surface area contributed by atoms with Crippen LogP contribution in [-0.4, -0.2) is 13.9 Å². The third-order valence-corrected chi connectivity index (χ3v) is 7.84. The molecule has 7 heavy (non-hydrogen) atoms. The monoisotopic (exact) mass is 134 g/mol. The van der Waals surface area contributed by atoms with E-state index in [0.29, 0.717) is 0 Å². The third kappa shape index (κ3) is 3.25. The van der Waals surface area contributed by atoms with E-state index in [0.717, 1.165) is 0 Å². The molecule has 0 aliphatic rings. The lowest BCUT2D eigenvalue weighted by molar-refractivity contribution is 1.35. The van der Waals surface area contributed by atoms with Crippen LogP contribution >= 0.6 is 9.24 Å². The topological polar surface area (TPSA) is 0 Å². The van der Waals surface area contributed by atoms with Crippen molar-refractivity contribution in [1.29, 1.82) is 0 Å². The second-order valence-corrected chi connectivity index (χ2v) is 9.39. The molecule has 0 aliphatic heterocycles. The molecule has 0 bridgehead atoms. The number of hydrogen-bond acceptors (Lipinski definition) is 0. The second kappa shape index (κ2) is 2.83. The molecule has 0 N–H and O–H groups in total. The Bertz CT molecular complexity index is 46.0. The maximum absolute atomic E-state index is 2.83. The Morgan fingerprint density at radius 2 is 1.86 bits per heavy atom. The average molecular weight is 134 g/mol. The Balaban J connectivity index is 3.36. The highest BCUT2D eigenvalue weighted by atomic mass is 31.0. The van der Waals surface area contributed by atoms with Crippen molar-refractivity contribution >= 4 is 17.3 Å². The van der Waals surface area contributed by atoms with Gasteiger partial charge in [-0.3, -0.25) is 0 Å². The van der Waals surface area contributed by atoms with Crippen molar-refractivity contribution in [3.05, 3.63) is 0 Å². The first kappa shape index (κ1) is 7.65. The van der Waals surface area contributed by atoms with Crippen molar-refractivity contribution < 1.29 is 0 Å². The molecular weight excluding hydrogens is 119 g/mol. The van der Waals surface area contributed by atoms with E-state index in [9.17, 15) is 0 Å². The van der Waals surface area contributed by atoms with E-state index in [4.69, 9.17) is 0 Å². The quantitative estimate of drug-likeness (QED) is 0.401. The third-order valence-electron chi connectivity index (χ3n) is 1.51. The molecule has 0 saturated carbocycles. The first-order valence-corrected chi connectivity index (χ1v) is 7.05. The Morgan fingerprint density at radius 3 is 1.86 bits per heavy atom. The van der Waals surface area contributed by atoms with Crippen LogP contribution in [0.4, 0.5) is 0 Å². The van der Waals surface area contributed by atoms with Crippen LogP contribution in [0.3, 0.4) is 0 Å². The lowest BCUT2D eigenvalue weighted by Gasteiger charge is -2.15. The zero-order valence-corrected chi connectivity index (χ0v) is 7.65. The van der Waals surface area contributed by atoms with Crippen molar-refractivity contribution in [2.45, 2.75) is 26.1 Å². The molecule has 0 nitrogen and oxygen atoms in total. The highest BCUT2D eigenvalue weighted by Crippen LogP contribution is 2.10.